The SMILES string of the molecule is CC(C)N(C)c1cccc2c1OCO2. The van der Waals surface area contributed by atoms with Gasteiger partial charge < -0.3 is 14.4 Å². The monoisotopic (exact) mass is 193 g/mol. The molecule has 0 radical (unpaired) electrons. The number of para-hydroxylation sites is 1. The van der Waals surface area contributed by atoms with Crippen LogP contribution in [0.3, 0.4) is 0 Å². The van der Waals surface area contributed by atoms with E-state index < -0.39 is 0 Å². The topological polar surface area (TPSA) is 21.7 Å². The lowest BCUT2D eigenvalue weighted by atomic mass is 10.2. The van der Waals surface area contributed by atoms with Gasteiger partial charge in [-0.15, -0.1) is 0 Å². The summed E-state index contributed by atoms with van der Waals surface area (Å²) in [5.74, 6) is 1.71. The summed E-state index contributed by atoms with van der Waals surface area (Å²) in [6.07, 6.45) is 0. The average molecular weight is 193 g/mol. The molecule has 0 N–H and O–H groups in total. The van der Waals surface area contributed by atoms with E-state index in [2.05, 4.69) is 25.8 Å². The summed E-state index contributed by atoms with van der Waals surface area (Å²) >= 11 is 0. The molecule has 76 valence electrons. The molecule has 2 rings (SSSR count). The van der Waals surface area contributed by atoms with Crippen molar-refractivity contribution in [1.29, 1.82) is 0 Å². The quantitative estimate of drug-likeness (QED) is 0.719. The van der Waals surface area contributed by atoms with Crippen LogP contribution in [-0.2, 0) is 0 Å². The normalized spacial score (nSPS) is 13.4. The van der Waals surface area contributed by atoms with Gasteiger partial charge in [-0.3, -0.25) is 0 Å². The Labute approximate surface area is 84.2 Å². The van der Waals surface area contributed by atoms with E-state index >= 15 is 0 Å². The third-order valence-electron chi connectivity index (χ3n) is 2.53. The van der Waals surface area contributed by atoms with Crippen LogP contribution in [0.15, 0.2) is 18.2 Å². The predicted octanol–water partition coefficient (Wildman–Crippen LogP) is 2.26. The van der Waals surface area contributed by atoms with Gasteiger partial charge in [0, 0.05) is 13.1 Å². The Balaban J connectivity index is 2.39. The molecule has 0 spiro atoms. The first-order valence-electron chi connectivity index (χ1n) is 4.81. The van der Waals surface area contributed by atoms with Crippen LogP contribution in [0, 0.1) is 0 Å². The zero-order valence-electron chi connectivity index (χ0n) is 8.78. The maximum absolute atomic E-state index is 5.44. The fourth-order valence-electron chi connectivity index (χ4n) is 1.47. The highest BCUT2D eigenvalue weighted by Gasteiger charge is 2.20. The Morgan fingerprint density at radius 3 is 2.79 bits per heavy atom. The Bertz CT molecular complexity index is 336. The lowest BCUT2D eigenvalue weighted by molar-refractivity contribution is 0.174. The van der Waals surface area contributed by atoms with Gasteiger partial charge in [-0.25, -0.2) is 0 Å². The van der Waals surface area contributed by atoms with Gasteiger partial charge in [0.1, 0.15) is 0 Å². The molecule has 3 nitrogen and oxygen atoms in total. The standard InChI is InChI=1S/C11H15NO2/c1-8(2)12(3)9-5-4-6-10-11(9)14-7-13-10/h4-6,8H,7H2,1-3H3. The van der Waals surface area contributed by atoms with E-state index in [4.69, 9.17) is 9.47 Å². The number of hydrogen-bond acceptors (Lipinski definition) is 3. The molecule has 1 aliphatic rings. The van der Waals surface area contributed by atoms with Crippen molar-refractivity contribution in [3.05, 3.63) is 18.2 Å². The van der Waals surface area contributed by atoms with Crippen LogP contribution in [0.25, 0.3) is 0 Å². The average Bonchev–Trinajstić information content (AvgIpc) is 2.63. The summed E-state index contributed by atoms with van der Waals surface area (Å²) < 4.78 is 10.8. The molecular weight excluding hydrogens is 178 g/mol. The van der Waals surface area contributed by atoms with Crippen molar-refractivity contribution in [2.45, 2.75) is 19.9 Å². The minimum absolute atomic E-state index is 0.332. The zero-order valence-corrected chi connectivity index (χ0v) is 8.78. The smallest absolute Gasteiger partial charge is 0.231 e. The molecule has 0 fully saturated rings. The fraction of sp³-hybridized carbons (Fsp3) is 0.455. The summed E-state index contributed by atoms with van der Waals surface area (Å²) in [4.78, 5) is 2.17. The van der Waals surface area contributed by atoms with Crippen LogP contribution < -0.4 is 14.4 Å². The molecular formula is C11H15NO2. The Morgan fingerprint density at radius 1 is 1.29 bits per heavy atom. The second kappa shape index (κ2) is 3.40. The maximum atomic E-state index is 5.44. The fourth-order valence-corrected chi connectivity index (χ4v) is 1.47. The second-order valence-corrected chi connectivity index (χ2v) is 3.72. The van der Waals surface area contributed by atoms with Gasteiger partial charge in [-0.05, 0) is 26.0 Å². The van der Waals surface area contributed by atoms with Gasteiger partial charge in [-0.2, -0.15) is 0 Å². The Morgan fingerprint density at radius 2 is 2.07 bits per heavy atom. The van der Waals surface area contributed by atoms with Gasteiger partial charge in [0.2, 0.25) is 6.79 Å². The van der Waals surface area contributed by atoms with Crippen molar-refractivity contribution in [2.24, 2.45) is 0 Å². The van der Waals surface area contributed by atoms with Crippen LogP contribution in [0.5, 0.6) is 11.5 Å². The second-order valence-electron chi connectivity index (χ2n) is 3.72. The van der Waals surface area contributed by atoms with E-state index in [1.807, 2.05) is 18.2 Å². The molecule has 0 atom stereocenters. The molecule has 1 aliphatic heterocycles. The van der Waals surface area contributed by atoms with Crippen LogP contribution in [-0.4, -0.2) is 19.9 Å². The van der Waals surface area contributed by atoms with Crippen LogP contribution in [0.4, 0.5) is 5.69 Å². The van der Waals surface area contributed by atoms with E-state index in [0.29, 0.717) is 12.8 Å². The van der Waals surface area contributed by atoms with Crippen LogP contribution >= 0.6 is 0 Å². The molecule has 1 aromatic carbocycles. The third kappa shape index (κ3) is 1.39. The lowest BCUT2D eigenvalue weighted by Gasteiger charge is -2.24. The summed E-state index contributed by atoms with van der Waals surface area (Å²) in [7, 11) is 2.06. The predicted molar refractivity (Wildman–Crippen MR) is 56.1 cm³/mol. The van der Waals surface area contributed by atoms with Gasteiger partial charge in [0.15, 0.2) is 11.5 Å². The number of anilines is 1. The first kappa shape index (κ1) is 9.19. The highest BCUT2D eigenvalue weighted by atomic mass is 16.7. The lowest BCUT2D eigenvalue weighted by Crippen LogP contribution is -2.25. The van der Waals surface area contributed by atoms with Crippen molar-refractivity contribution >= 4 is 5.69 Å². The van der Waals surface area contributed by atoms with E-state index in [1.165, 1.54) is 0 Å². The minimum Gasteiger partial charge on any atom is -0.454 e. The molecule has 3 heteroatoms. The van der Waals surface area contributed by atoms with Crippen molar-refractivity contribution in [3.8, 4) is 11.5 Å². The zero-order chi connectivity index (χ0) is 10.1. The highest BCUT2D eigenvalue weighted by Crippen LogP contribution is 2.40. The van der Waals surface area contributed by atoms with Crippen molar-refractivity contribution < 1.29 is 9.47 Å². The largest absolute Gasteiger partial charge is 0.454 e. The number of nitrogens with zero attached hydrogens (tertiary/aromatic N) is 1. The van der Waals surface area contributed by atoms with E-state index in [0.717, 1.165) is 17.2 Å². The Hall–Kier alpha value is -1.38. The minimum atomic E-state index is 0.332. The van der Waals surface area contributed by atoms with Gasteiger partial charge in [-0.1, -0.05) is 6.07 Å². The molecule has 0 aromatic heterocycles. The van der Waals surface area contributed by atoms with Crippen molar-refractivity contribution in [3.63, 3.8) is 0 Å². The van der Waals surface area contributed by atoms with E-state index in [9.17, 15) is 0 Å². The summed E-state index contributed by atoms with van der Waals surface area (Å²) in [5, 5.41) is 0. The Kier molecular flexibility index (Phi) is 2.23. The number of fused-ring (bicyclic) bond motifs is 1. The van der Waals surface area contributed by atoms with Gasteiger partial charge in [0.25, 0.3) is 0 Å². The highest BCUT2D eigenvalue weighted by molar-refractivity contribution is 5.65. The maximum Gasteiger partial charge on any atom is 0.231 e. The van der Waals surface area contributed by atoms with Crippen molar-refractivity contribution in [1.82, 2.24) is 0 Å². The molecule has 1 aromatic rings. The van der Waals surface area contributed by atoms with E-state index in [-0.39, 0.29) is 0 Å². The molecule has 0 unspecified atom stereocenters. The molecule has 0 saturated carbocycles. The van der Waals surface area contributed by atoms with Gasteiger partial charge in [0.05, 0.1) is 5.69 Å². The third-order valence-corrected chi connectivity index (χ3v) is 2.53. The molecule has 0 bridgehead atoms. The molecule has 1 heterocycles. The summed E-state index contributed by atoms with van der Waals surface area (Å²) in [5.41, 5.74) is 1.09. The number of benzene rings is 1. The summed E-state index contributed by atoms with van der Waals surface area (Å²) in [6.45, 7) is 4.63. The number of hydrogen-bond donors (Lipinski definition) is 0. The first-order valence-corrected chi connectivity index (χ1v) is 4.81. The van der Waals surface area contributed by atoms with E-state index in [1.54, 1.807) is 0 Å². The molecule has 0 amide bonds. The number of rotatable bonds is 2. The number of ether oxygens (including phenoxy) is 2. The van der Waals surface area contributed by atoms with Crippen molar-refractivity contribution in [2.75, 3.05) is 18.7 Å². The molecule has 0 aliphatic carbocycles. The molecule has 14 heavy (non-hydrogen) atoms. The summed E-state index contributed by atoms with van der Waals surface area (Å²) in [6, 6.07) is 6.42. The first-order chi connectivity index (χ1) is 6.70. The van der Waals surface area contributed by atoms with Crippen LogP contribution in [0.2, 0.25) is 0 Å². The van der Waals surface area contributed by atoms with Gasteiger partial charge >= 0.3 is 0 Å². The molecule has 0 saturated heterocycles. The van der Waals surface area contributed by atoms with Crippen LogP contribution in [0.1, 0.15) is 13.8 Å².